The summed E-state index contributed by atoms with van der Waals surface area (Å²) in [5.41, 5.74) is 0.624. The van der Waals surface area contributed by atoms with Gasteiger partial charge in [-0.3, -0.25) is 4.79 Å². The summed E-state index contributed by atoms with van der Waals surface area (Å²) in [5, 5.41) is 59.1. The number of aliphatic hydroxyl groups excluding tert-OH is 4. The van der Waals surface area contributed by atoms with Gasteiger partial charge in [0.1, 0.15) is 52.6 Å². The summed E-state index contributed by atoms with van der Waals surface area (Å²) < 4.78 is 16.3. The van der Waals surface area contributed by atoms with Crippen molar-refractivity contribution in [2.75, 3.05) is 13.2 Å². The van der Waals surface area contributed by atoms with Crippen LogP contribution in [-0.2, 0) is 15.9 Å². The van der Waals surface area contributed by atoms with Gasteiger partial charge in [0.25, 0.3) is 0 Å². The Kier molecular flexibility index (Phi) is 6.99. The predicted octanol–water partition coefficient (Wildman–Crippen LogP) is -0.182. The number of phenolic OH excluding ortho intramolecular Hbond substituents is 2. The standard InChI is InChI=1S/C21H26O10/c1-9(8-29-21-19(28)18(27)17(26)15(7-22)31-21)3-4-11-12(23)6-14(25)16-13(24)5-10(2)30-20(11)16/h3,5-6,15,17-19,21-23,25-28H,4,7-8H2,1-2H3/t15-,17-,18-,19+,21+/m0/s1. The average Bonchev–Trinajstić information content (AvgIpc) is 2.70. The maximum Gasteiger partial charge on any atom is 0.196 e. The predicted molar refractivity (Wildman–Crippen MR) is 108 cm³/mol. The second-order valence-corrected chi connectivity index (χ2v) is 7.58. The molecular weight excluding hydrogens is 412 g/mol. The zero-order chi connectivity index (χ0) is 22.9. The van der Waals surface area contributed by atoms with Crippen LogP contribution in [0.2, 0.25) is 0 Å². The van der Waals surface area contributed by atoms with Gasteiger partial charge in [0.15, 0.2) is 11.7 Å². The molecule has 0 unspecified atom stereocenters. The number of aliphatic hydroxyl groups is 4. The van der Waals surface area contributed by atoms with Crippen LogP contribution in [0.4, 0.5) is 0 Å². The van der Waals surface area contributed by atoms with E-state index in [2.05, 4.69) is 0 Å². The quantitative estimate of drug-likeness (QED) is 0.333. The van der Waals surface area contributed by atoms with Crippen LogP contribution in [0.15, 0.2) is 33.0 Å². The summed E-state index contributed by atoms with van der Waals surface area (Å²) in [6, 6.07) is 2.33. The number of rotatable bonds is 6. The normalized spacial score (nSPS) is 27.0. The summed E-state index contributed by atoms with van der Waals surface area (Å²) in [6.45, 7) is 2.71. The van der Waals surface area contributed by atoms with Gasteiger partial charge in [-0.05, 0) is 20.3 Å². The molecule has 3 rings (SSSR count). The minimum absolute atomic E-state index is 0.0254. The Labute approximate surface area is 177 Å². The fraction of sp³-hybridized carbons (Fsp3) is 0.476. The third-order valence-corrected chi connectivity index (χ3v) is 5.16. The molecule has 10 nitrogen and oxygen atoms in total. The number of hydrogen-bond acceptors (Lipinski definition) is 10. The lowest BCUT2D eigenvalue weighted by Crippen LogP contribution is -2.59. The largest absolute Gasteiger partial charge is 0.507 e. The van der Waals surface area contributed by atoms with E-state index in [1.807, 2.05) is 0 Å². The SMILES string of the molecule is CC(=CCc1c(O)cc(O)c2c(=O)cc(C)oc12)CO[C@@H]1O[C@@H](CO)[C@H](O)[C@H](O)[C@H]1O. The third-order valence-electron chi connectivity index (χ3n) is 5.16. The molecule has 1 aromatic carbocycles. The van der Waals surface area contributed by atoms with Crippen LogP contribution in [0.25, 0.3) is 11.0 Å². The van der Waals surface area contributed by atoms with Gasteiger partial charge in [-0.15, -0.1) is 0 Å². The van der Waals surface area contributed by atoms with E-state index >= 15 is 0 Å². The number of aromatic hydroxyl groups is 2. The smallest absolute Gasteiger partial charge is 0.196 e. The van der Waals surface area contributed by atoms with Crippen molar-refractivity contribution in [3.63, 3.8) is 0 Å². The highest BCUT2D eigenvalue weighted by molar-refractivity contribution is 5.88. The zero-order valence-electron chi connectivity index (χ0n) is 17.1. The number of phenols is 2. The molecule has 2 aromatic rings. The maximum absolute atomic E-state index is 12.2. The van der Waals surface area contributed by atoms with Gasteiger partial charge in [-0.2, -0.15) is 0 Å². The van der Waals surface area contributed by atoms with E-state index in [0.29, 0.717) is 16.9 Å². The van der Waals surface area contributed by atoms with Crippen molar-refractivity contribution in [3.8, 4) is 11.5 Å². The summed E-state index contributed by atoms with van der Waals surface area (Å²) >= 11 is 0. The second kappa shape index (κ2) is 9.35. The van der Waals surface area contributed by atoms with Gasteiger partial charge in [-0.1, -0.05) is 11.6 Å². The summed E-state index contributed by atoms with van der Waals surface area (Å²) in [4.78, 5) is 12.2. The Morgan fingerprint density at radius 3 is 2.52 bits per heavy atom. The van der Waals surface area contributed by atoms with Gasteiger partial charge in [0, 0.05) is 17.7 Å². The molecule has 0 saturated carbocycles. The summed E-state index contributed by atoms with van der Waals surface area (Å²) in [6.07, 6.45) is -5.00. The number of benzene rings is 1. The average molecular weight is 438 g/mol. The number of allylic oxidation sites excluding steroid dienone is 1. The number of hydrogen-bond donors (Lipinski definition) is 6. The Hall–Kier alpha value is -2.47. The first kappa shape index (κ1) is 23.2. The van der Waals surface area contributed by atoms with E-state index in [1.165, 1.54) is 6.07 Å². The molecule has 0 bridgehead atoms. The zero-order valence-corrected chi connectivity index (χ0v) is 17.1. The van der Waals surface area contributed by atoms with Gasteiger partial charge < -0.3 is 44.5 Å². The van der Waals surface area contributed by atoms with Crippen LogP contribution in [-0.4, -0.2) is 74.6 Å². The molecule has 0 amide bonds. The maximum atomic E-state index is 12.2. The van der Waals surface area contributed by atoms with Crippen molar-refractivity contribution in [3.05, 3.63) is 45.3 Å². The van der Waals surface area contributed by atoms with Crippen LogP contribution in [0, 0.1) is 6.92 Å². The topological polar surface area (TPSA) is 170 Å². The van der Waals surface area contributed by atoms with E-state index in [9.17, 15) is 35.4 Å². The highest BCUT2D eigenvalue weighted by Gasteiger charge is 2.43. The van der Waals surface area contributed by atoms with E-state index in [1.54, 1.807) is 19.9 Å². The van der Waals surface area contributed by atoms with Gasteiger partial charge in [-0.25, -0.2) is 0 Å². The third kappa shape index (κ3) is 4.74. The Balaban J connectivity index is 1.76. The molecule has 2 heterocycles. The van der Waals surface area contributed by atoms with E-state index in [-0.39, 0.29) is 35.5 Å². The van der Waals surface area contributed by atoms with Crippen molar-refractivity contribution in [2.45, 2.75) is 51.0 Å². The van der Waals surface area contributed by atoms with Crippen molar-refractivity contribution in [1.29, 1.82) is 0 Å². The van der Waals surface area contributed by atoms with E-state index in [0.717, 1.165) is 6.07 Å². The lowest BCUT2D eigenvalue weighted by atomic mass is 9.99. The molecule has 1 aromatic heterocycles. The fourth-order valence-electron chi connectivity index (χ4n) is 3.42. The van der Waals surface area contributed by atoms with Crippen LogP contribution >= 0.6 is 0 Å². The number of aryl methyl sites for hydroxylation is 1. The molecule has 170 valence electrons. The van der Waals surface area contributed by atoms with Gasteiger partial charge in [0.2, 0.25) is 0 Å². The minimum Gasteiger partial charge on any atom is -0.507 e. The number of ether oxygens (including phenoxy) is 2. The molecule has 31 heavy (non-hydrogen) atoms. The lowest BCUT2D eigenvalue weighted by Gasteiger charge is -2.39. The molecule has 0 aliphatic carbocycles. The van der Waals surface area contributed by atoms with Crippen molar-refractivity contribution < 1.29 is 44.5 Å². The second-order valence-electron chi connectivity index (χ2n) is 7.58. The van der Waals surface area contributed by atoms with Crippen LogP contribution in [0.3, 0.4) is 0 Å². The van der Waals surface area contributed by atoms with Gasteiger partial charge in [0.05, 0.1) is 13.2 Å². The Morgan fingerprint density at radius 2 is 1.84 bits per heavy atom. The fourth-order valence-corrected chi connectivity index (χ4v) is 3.42. The Bertz CT molecular complexity index is 1020. The van der Waals surface area contributed by atoms with Crippen LogP contribution in [0.5, 0.6) is 11.5 Å². The molecule has 6 N–H and O–H groups in total. The molecule has 1 saturated heterocycles. The molecule has 5 atom stereocenters. The van der Waals surface area contributed by atoms with Gasteiger partial charge >= 0.3 is 0 Å². The Morgan fingerprint density at radius 1 is 1.13 bits per heavy atom. The lowest BCUT2D eigenvalue weighted by molar-refractivity contribution is -0.299. The highest BCUT2D eigenvalue weighted by atomic mass is 16.7. The summed E-state index contributed by atoms with van der Waals surface area (Å²) in [5.74, 6) is -0.287. The monoisotopic (exact) mass is 438 g/mol. The molecule has 0 spiro atoms. The van der Waals surface area contributed by atoms with Crippen molar-refractivity contribution in [1.82, 2.24) is 0 Å². The molecule has 1 aliphatic heterocycles. The molecule has 10 heteroatoms. The van der Waals surface area contributed by atoms with Crippen LogP contribution in [0.1, 0.15) is 18.2 Å². The highest BCUT2D eigenvalue weighted by Crippen LogP contribution is 2.34. The summed E-state index contributed by atoms with van der Waals surface area (Å²) in [7, 11) is 0. The molecule has 1 fully saturated rings. The van der Waals surface area contributed by atoms with E-state index in [4.69, 9.17) is 13.9 Å². The van der Waals surface area contributed by atoms with Crippen molar-refractivity contribution >= 4 is 11.0 Å². The van der Waals surface area contributed by atoms with Crippen molar-refractivity contribution in [2.24, 2.45) is 0 Å². The first-order valence-electron chi connectivity index (χ1n) is 9.70. The number of fused-ring (bicyclic) bond motifs is 1. The van der Waals surface area contributed by atoms with E-state index < -0.39 is 42.7 Å². The van der Waals surface area contributed by atoms with Crippen LogP contribution < -0.4 is 5.43 Å². The minimum atomic E-state index is -1.54. The molecule has 0 radical (unpaired) electrons. The molecule has 1 aliphatic rings. The first-order valence-corrected chi connectivity index (χ1v) is 9.70. The molecular formula is C21H26O10. The first-order chi connectivity index (χ1) is 14.6.